The van der Waals surface area contributed by atoms with Crippen molar-refractivity contribution in [2.24, 2.45) is 5.92 Å². The lowest BCUT2D eigenvalue weighted by Crippen LogP contribution is -2.41. The van der Waals surface area contributed by atoms with Crippen LogP contribution in [0.1, 0.15) is 35.8 Å². The molecular formula is C16H27N3O3. The van der Waals surface area contributed by atoms with Crippen LogP contribution in [0.15, 0.2) is 12.3 Å². The Morgan fingerprint density at radius 2 is 2.27 bits per heavy atom. The Hall–Kier alpha value is -1.37. The Labute approximate surface area is 131 Å². The lowest BCUT2D eigenvalue weighted by Gasteiger charge is -2.31. The molecule has 22 heavy (non-hydrogen) atoms. The quantitative estimate of drug-likeness (QED) is 0.655. The summed E-state index contributed by atoms with van der Waals surface area (Å²) in [6.45, 7) is 6.33. The van der Waals surface area contributed by atoms with Crippen molar-refractivity contribution in [3.05, 3.63) is 23.5 Å². The van der Waals surface area contributed by atoms with Crippen LogP contribution in [0.2, 0.25) is 0 Å². The summed E-state index contributed by atoms with van der Waals surface area (Å²) in [6.07, 6.45) is 3.85. The monoisotopic (exact) mass is 309 g/mol. The fraction of sp³-hybridized carbons (Fsp3) is 0.688. The lowest BCUT2D eigenvalue weighted by atomic mass is 9.99. The maximum Gasteiger partial charge on any atom is 0.354 e. The number of nitrogens with zero attached hydrogens (tertiary/aromatic N) is 1. The molecule has 1 saturated heterocycles. The SMILES string of the molecule is COC(=O)c1cc(CNCC(O)CN2CCC(C)CC2)c[nH]1. The van der Waals surface area contributed by atoms with E-state index in [1.165, 1.54) is 20.0 Å². The summed E-state index contributed by atoms with van der Waals surface area (Å²) in [4.78, 5) is 16.5. The summed E-state index contributed by atoms with van der Waals surface area (Å²) in [7, 11) is 1.36. The molecule has 1 aromatic heterocycles. The number of β-amino-alcohol motifs (C(OH)–C–C–N with tert-alkyl or cyclic N) is 1. The van der Waals surface area contributed by atoms with Crippen LogP contribution in [0, 0.1) is 5.92 Å². The molecule has 0 spiro atoms. The number of ether oxygens (including phenoxy) is 1. The Bertz CT molecular complexity index is 467. The highest BCUT2D eigenvalue weighted by atomic mass is 16.5. The molecule has 2 heterocycles. The van der Waals surface area contributed by atoms with Crippen molar-refractivity contribution in [2.75, 3.05) is 33.3 Å². The molecule has 1 aromatic rings. The van der Waals surface area contributed by atoms with Crippen molar-refractivity contribution >= 4 is 5.97 Å². The number of aliphatic hydroxyl groups is 1. The van der Waals surface area contributed by atoms with Gasteiger partial charge in [0.2, 0.25) is 0 Å². The molecule has 1 aliphatic heterocycles. The third-order valence-corrected chi connectivity index (χ3v) is 4.20. The molecule has 0 bridgehead atoms. The summed E-state index contributed by atoms with van der Waals surface area (Å²) in [5, 5.41) is 13.3. The minimum atomic E-state index is -0.370. The number of carbonyl (C=O) groups is 1. The van der Waals surface area contributed by atoms with Gasteiger partial charge in [-0.2, -0.15) is 0 Å². The van der Waals surface area contributed by atoms with Gasteiger partial charge < -0.3 is 25.0 Å². The van der Waals surface area contributed by atoms with Crippen LogP contribution in [-0.2, 0) is 11.3 Å². The second-order valence-electron chi connectivity index (χ2n) is 6.18. The zero-order valence-electron chi connectivity index (χ0n) is 13.5. The van der Waals surface area contributed by atoms with Crippen LogP contribution in [-0.4, -0.2) is 60.4 Å². The van der Waals surface area contributed by atoms with E-state index in [4.69, 9.17) is 0 Å². The molecule has 3 N–H and O–H groups in total. The molecule has 0 amide bonds. The van der Waals surface area contributed by atoms with Gasteiger partial charge in [-0.05, 0) is 43.5 Å². The maximum atomic E-state index is 11.3. The standard InChI is InChI=1S/C16H27N3O3/c1-12-3-5-19(6-4-12)11-14(20)10-17-8-13-7-15(18-9-13)16(21)22-2/h7,9,12,14,17-18,20H,3-6,8,10-11H2,1-2H3. The van der Waals surface area contributed by atoms with E-state index < -0.39 is 0 Å². The number of hydrogen-bond donors (Lipinski definition) is 3. The van der Waals surface area contributed by atoms with Gasteiger partial charge in [-0.3, -0.25) is 0 Å². The molecular weight excluding hydrogens is 282 g/mol. The number of nitrogens with one attached hydrogen (secondary N) is 2. The van der Waals surface area contributed by atoms with Crippen LogP contribution in [0.5, 0.6) is 0 Å². The Morgan fingerprint density at radius 1 is 1.55 bits per heavy atom. The average molecular weight is 309 g/mol. The number of hydrogen-bond acceptors (Lipinski definition) is 5. The maximum absolute atomic E-state index is 11.3. The summed E-state index contributed by atoms with van der Waals surface area (Å²) in [5.41, 5.74) is 1.42. The molecule has 2 rings (SSSR count). The van der Waals surface area contributed by atoms with Gasteiger partial charge in [-0.15, -0.1) is 0 Å². The fourth-order valence-electron chi connectivity index (χ4n) is 2.76. The number of aromatic amines is 1. The zero-order valence-corrected chi connectivity index (χ0v) is 13.5. The number of carbonyl (C=O) groups excluding carboxylic acids is 1. The van der Waals surface area contributed by atoms with E-state index >= 15 is 0 Å². The van der Waals surface area contributed by atoms with Crippen molar-refractivity contribution in [1.82, 2.24) is 15.2 Å². The highest BCUT2D eigenvalue weighted by Crippen LogP contribution is 2.15. The van der Waals surface area contributed by atoms with Crippen molar-refractivity contribution in [1.29, 1.82) is 0 Å². The lowest BCUT2D eigenvalue weighted by molar-refractivity contribution is 0.0594. The first kappa shape index (κ1) is 17.0. The van der Waals surface area contributed by atoms with Gasteiger partial charge in [0.15, 0.2) is 0 Å². The molecule has 6 heteroatoms. The molecule has 6 nitrogen and oxygen atoms in total. The molecule has 0 aliphatic carbocycles. The molecule has 1 atom stereocenters. The number of rotatable bonds is 7. The normalized spacial score (nSPS) is 18.3. The predicted molar refractivity (Wildman–Crippen MR) is 84.7 cm³/mol. The van der Waals surface area contributed by atoms with Crippen LogP contribution in [0.4, 0.5) is 0 Å². The van der Waals surface area contributed by atoms with E-state index in [-0.39, 0.29) is 12.1 Å². The van der Waals surface area contributed by atoms with E-state index in [1.807, 2.05) is 0 Å². The van der Waals surface area contributed by atoms with Gasteiger partial charge in [0.05, 0.1) is 13.2 Å². The van der Waals surface area contributed by atoms with Gasteiger partial charge in [0, 0.05) is 25.8 Å². The topological polar surface area (TPSA) is 77.6 Å². The summed E-state index contributed by atoms with van der Waals surface area (Å²) >= 11 is 0. The van der Waals surface area contributed by atoms with Crippen molar-refractivity contribution in [2.45, 2.75) is 32.4 Å². The highest BCUT2D eigenvalue weighted by molar-refractivity contribution is 5.87. The van der Waals surface area contributed by atoms with Crippen molar-refractivity contribution in [3.63, 3.8) is 0 Å². The first-order valence-electron chi connectivity index (χ1n) is 7.95. The molecule has 1 fully saturated rings. The van der Waals surface area contributed by atoms with Crippen molar-refractivity contribution in [3.8, 4) is 0 Å². The first-order chi connectivity index (χ1) is 10.6. The molecule has 1 aliphatic rings. The third-order valence-electron chi connectivity index (χ3n) is 4.20. The van der Waals surface area contributed by atoms with E-state index in [0.717, 1.165) is 31.1 Å². The molecule has 0 saturated carbocycles. The van der Waals surface area contributed by atoms with Crippen LogP contribution >= 0.6 is 0 Å². The third kappa shape index (κ3) is 5.12. The minimum absolute atomic E-state index is 0.368. The van der Waals surface area contributed by atoms with Gasteiger partial charge >= 0.3 is 5.97 Å². The van der Waals surface area contributed by atoms with E-state index in [9.17, 15) is 9.90 Å². The fourth-order valence-corrected chi connectivity index (χ4v) is 2.76. The smallest absolute Gasteiger partial charge is 0.354 e. The van der Waals surface area contributed by atoms with Crippen LogP contribution in [0.25, 0.3) is 0 Å². The number of methoxy groups -OCH3 is 1. The minimum Gasteiger partial charge on any atom is -0.464 e. The Morgan fingerprint density at radius 3 is 2.95 bits per heavy atom. The van der Waals surface area contributed by atoms with Crippen LogP contribution < -0.4 is 5.32 Å². The average Bonchev–Trinajstić information content (AvgIpc) is 2.97. The number of aliphatic hydroxyl groups excluding tert-OH is 1. The number of piperidine rings is 1. The number of H-pyrrole nitrogens is 1. The zero-order chi connectivity index (χ0) is 15.9. The van der Waals surface area contributed by atoms with Crippen LogP contribution in [0.3, 0.4) is 0 Å². The summed E-state index contributed by atoms with van der Waals surface area (Å²) in [5.74, 6) is 0.440. The van der Waals surface area contributed by atoms with E-state index in [0.29, 0.717) is 18.8 Å². The number of likely N-dealkylation sites (tertiary alicyclic amines) is 1. The predicted octanol–water partition coefficient (Wildman–Crippen LogP) is 0.984. The molecule has 1 unspecified atom stereocenters. The van der Waals surface area contributed by atoms with Gasteiger partial charge in [-0.25, -0.2) is 4.79 Å². The Balaban J connectivity index is 1.65. The summed E-state index contributed by atoms with van der Waals surface area (Å²) < 4.78 is 4.65. The largest absolute Gasteiger partial charge is 0.464 e. The van der Waals surface area contributed by atoms with Crippen molar-refractivity contribution < 1.29 is 14.6 Å². The van der Waals surface area contributed by atoms with Gasteiger partial charge in [0.1, 0.15) is 5.69 Å². The molecule has 0 aromatic carbocycles. The first-order valence-corrected chi connectivity index (χ1v) is 7.95. The molecule has 0 radical (unpaired) electrons. The van der Waals surface area contributed by atoms with Gasteiger partial charge in [-0.1, -0.05) is 6.92 Å². The number of esters is 1. The Kier molecular flexibility index (Phi) is 6.42. The number of aromatic nitrogens is 1. The second kappa shape index (κ2) is 8.31. The van der Waals surface area contributed by atoms with E-state index in [2.05, 4.69) is 26.9 Å². The molecule has 124 valence electrons. The highest BCUT2D eigenvalue weighted by Gasteiger charge is 2.18. The second-order valence-corrected chi connectivity index (χ2v) is 6.18. The van der Waals surface area contributed by atoms with E-state index in [1.54, 1.807) is 12.3 Å². The van der Waals surface area contributed by atoms with Gasteiger partial charge in [0.25, 0.3) is 0 Å². The summed E-state index contributed by atoms with van der Waals surface area (Å²) in [6, 6.07) is 1.76.